The molecule has 0 radical (unpaired) electrons. The van der Waals surface area contributed by atoms with E-state index in [2.05, 4.69) is 41.4 Å². The van der Waals surface area contributed by atoms with Gasteiger partial charge in [-0.25, -0.2) is 0 Å². The standard InChI is InChI=1S/C22H27ClN2O.ClH/c1-17-9-11-18(12-10-17)21(25-13-4-2-3-5-14-25)16-24-22(26)19-7-6-8-20(23)15-19;/h6-12,15,21H,2-5,13-14,16H2,1H3,(H,24,26);1H. The number of amides is 1. The highest BCUT2D eigenvalue weighted by molar-refractivity contribution is 6.30. The highest BCUT2D eigenvalue weighted by Gasteiger charge is 2.22. The van der Waals surface area contributed by atoms with Crippen molar-refractivity contribution in [2.24, 2.45) is 0 Å². The fraction of sp³-hybridized carbons (Fsp3) is 0.409. The van der Waals surface area contributed by atoms with Crippen LogP contribution in [0.2, 0.25) is 5.02 Å². The van der Waals surface area contributed by atoms with Crippen LogP contribution in [0.5, 0.6) is 0 Å². The first kappa shape index (κ1) is 21.7. The molecule has 2 aromatic carbocycles. The lowest BCUT2D eigenvalue weighted by Gasteiger charge is -2.31. The molecule has 27 heavy (non-hydrogen) atoms. The SMILES string of the molecule is Cc1ccc(C(CNC(=O)c2cccc(Cl)c2)N2CCCCCC2)cc1.Cl. The van der Waals surface area contributed by atoms with Crippen molar-refractivity contribution in [2.75, 3.05) is 19.6 Å². The van der Waals surface area contributed by atoms with Crippen LogP contribution in [0.15, 0.2) is 48.5 Å². The average Bonchev–Trinajstić information content (AvgIpc) is 2.92. The highest BCUT2D eigenvalue weighted by atomic mass is 35.5. The van der Waals surface area contributed by atoms with Crippen LogP contribution < -0.4 is 5.32 Å². The van der Waals surface area contributed by atoms with Crippen LogP contribution in [0.1, 0.15) is 53.2 Å². The number of likely N-dealkylation sites (tertiary alicyclic amines) is 1. The molecule has 1 aliphatic rings. The summed E-state index contributed by atoms with van der Waals surface area (Å²) >= 11 is 6.01. The molecule has 2 aromatic rings. The van der Waals surface area contributed by atoms with Crippen molar-refractivity contribution in [3.63, 3.8) is 0 Å². The number of hydrogen-bond donors (Lipinski definition) is 1. The van der Waals surface area contributed by atoms with Gasteiger partial charge in [-0.05, 0) is 56.6 Å². The molecule has 5 heteroatoms. The summed E-state index contributed by atoms with van der Waals surface area (Å²) < 4.78 is 0. The van der Waals surface area contributed by atoms with E-state index in [-0.39, 0.29) is 24.4 Å². The third-order valence-corrected chi connectivity index (χ3v) is 5.32. The summed E-state index contributed by atoms with van der Waals surface area (Å²) in [5.74, 6) is -0.0700. The number of halogens is 2. The van der Waals surface area contributed by atoms with Crippen molar-refractivity contribution in [3.8, 4) is 0 Å². The molecule has 146 valence electrons. The number of aryl methyl sites for hydroxylation is 1. The second kappa shape index (κ2) is 10.7. The van der Waals surface area contributed by atoms with Crippen molar-refractivity contribution < 1.29 is 4.79 Å². The van der Waals surface area contributed by atoms with Crippen molar-refractivity contribution in [2.45, 2.75) is 38.6 Å². The van der Waals surface area contributed by atoms with E-state index in [1.165, 1.54) is 36.8 Å². The Morgan fingerprint density at radius 1 is 1.07 bits per heavy atom. The van der Waals surface area contributed by atoms with Gasteiger partial charge in [-0.2, -0.15) is 0 Å². The summed E-state index contributed by atoms with van der Waals surface area (Å²) in [6, 6.07) is 16.0. The van der Waals surface area contributed by atoms with Crippen LogP contribution in [0.4, 0.5) is 0 Å². The first-order valence-corrected chi connectivity index (χ1v) is 9.85. The van der Waals surface area contributed by atoms with E-state index >= 15 is 0 Å². The normalized spacial score (nSPS) is 16.1. The predicted octanol–water partition coefficient (Wildman–Crippen LogP) is 5.42. The van der Waals surface area contributed by atoms with E-state index in [1.54, 1.807) is 18.2 Å². The molecule has 0 bridgehead atoms. The number of nitrogens with one attached hydrogen (secondary N) is 1. The van der Waals surface area contributed by atoms with Gasteiger partial charge in [0, 0.05) is 17.1 Å². The first-order valence-electron chi connectivity index (χ1n) is 9.48. The Bertz CT molecular complexity index is 725. The zero-order valence-electron chi connectivity index (χ0n) is 15.8. The highest BCUT2D eigenvalue weighted by Crippen LogP contribution is 2.24. The summed E-state index contributed by atoms with van der Waals surface area (Å²) in [7, 11) is 0. The summed E-state index contributed by atoms with van der Waals surface area (Å²) in [4.78, 5) is 15.1. The zero-order chi connectivity index (χ0) is 18.4. The molecule has 1 unspecified atom stereocenters. The smallest absolute Gasteiger partial charge is 0.251 e. The van der Waals surface area contributed by atoms with Crippen molar-refractivity contribution in [1.29, 1.82) is 0 Å². The van der Waals surface area contributed by atoms with Crippen LogP contribution in [-0.4, -0.2) is 30.4 Å². The molecule has 1 aliphatic heterocycles. The van der Waals surface area contributed by atoms with Gasteiger partial charge in [0.2, 0.25) is 0 Å². The van der Waals surface area contributed by atoms with E-state index in [0.717, 1.165) is 13.1 Å². The lowest BCUT2D eigenvalue weighted by Crippen LogP contribution is -2.38. The van der Waals surface area contributed by atoms with Crippen LogP contribution >= 0.6 is 24.0 Å². The van der Waals surface area contributed by atoms with E-state index < -0.39 is 0 Å². The zero-order valence-corrected chi connectivity index (χ0v) is 17.4. The van der Waals surface area contributed by atoms with Gasteiger partial charge in [-0.1, -0.05) is 60.3 Å². The third kappa shape index (κ3) is 6.24. The Morgan fingerprint density at radius 3 is 2.37 bits per heavy atom. The second-order valence-electron chi connectivity index (χ2n) is 7.10. The van der Waals surface area contributed by atoms with Gasteiger partial charge in [-0.15, -0.1) is 12.4 Å². The Labute approximate surface area is 173 Å². The van der Waals surface area contributed by atoms with Crippen LogP contribution in [-0.2, 0) is 0 Å². The Kier molecular flexibility index (Phi) is 8.62. The summed E-state index contributed by atoms with van der Waals surface area (Å²) in [5, 5.41) is 3.70. The molecular formula is C22H28Cl2N2O. The number of carbonyl (C=O) groups is 1. The first-order chi connectivity index (χ1) is 12.6. The molecule has 1 fully saturated rings. The van der Waals surface area contributed by atoms with E-state index in [0.29, 0.717) is 17.1 Å². The Morgan fingerprint density at radius 2 is 1.74 bits per heavy atom. The average molecular weight is 407 g/mol. The van der Waals surface area contributed by atoms with Crippen LogP contribution in [0.3, 0.4) is 0 Å². The monoisotopic (exact) mass is 406 g/mol. The molecule has 1 N–H and O–H groups in total. The molecule has 3 nitrogen and oxygen atoms in total. The third-order valence-electron chi connectivity index (χ3n) is 5.09. The Balaban J connectivity index is 0.00000261. The molecule has 0 aliphatic carbocycles. The van der Waals surface area contributed by atoms with Gasteiger partial charge in [0.25, 0.3) is 5.91 Å². The van der Waals surface area contributed by atoms with Gasteiger partial charge in [-0.3, -0.25) is 9.69 Å². The number of rotatable bonds is 5. The molecule has 1 saturated heterocycles. The minimum atomic E-state index is -0.0700. The minimum Gasteiger partial charge on any atom is -0.350 e. The topological polar surface area (TPSA) is 32.3 Å². The van der Waals surface area contributed by atoms with Gasteiger partial charge in [0.1, 0.15) is 0 Å². The van der Waals surface area contributed by atoms with E-state index in [4.69, 9.17) is 11.6 Å². The Hall–Kier alpha value is -1.55. The van der Waals surface area contributed by atoms with Crippen molar-refractivity contribution in [3.05, 3.63) is 70.2 Å². The molecule has 3 rings (SSSR count). The summed E-state index contributed by atoms with van der Waals surface area (Å²) in [5.41, 5.74) is 3.13. The van der Waals surface area contributed by atoms with E-state index in [9.17, 15) is 4.79 Å². The number of nitrogens with zero attached hydrogens (tertiary/aromatic N) is 1. The lowest BCUT2D eigenvalue weighted by atomic mass is 10.0. The van der Waals surface area contributed by atoms with Gasteiger partial charge in [0.05, 0.1) is 6.04 Å². The molecular weight excluding hydrogens is 379 g/mol. The van der Waals surface area contributed by atoms with Gasteiger partial charge < -0.3 is 5.32 Å². The van der Waals surface area contributed by atoms with E-state index in [1.807, 2.05) is 6.07 Å². The molecule has 1 heterocycles. The van der Waals surface area contributed by atoms with Gasteiger partial charge >= 0.3 is 0 Å². The fourth-order valence-electron chi connectivity index (χ4n) is 3.57. The number of hydrogen-bond acceptors (Lipinski definition) is 2. The lowest BCUT2D eigenvalue weighted by molar-refractivity contribution is 0.0933. The number of carbonyl (C=O) groups excluding carboxylic acids is 1. The second-order valence-corrected chi connectivity index (χ2v) is 7.53. The van der Waals surface area contributed by atoms with Gasteiger partial charge in [0.15, 0.2) is 0 Å². The fourth-order valence-corrected chi connectivity index (χ4v) is 3.76. The van der Waals surface area contributed by atoms with Crippen LogP contribution in [0.25, 0.3) is 0 Å². The van der Waals surface area contributed by atoms with Crippen molar-refractivity contribution >= 4 is 29.9 Å². The molecule has 0 spiro atoms. The predicted molar refractivity (Wildman–Crippen MR) is 115 cm³/mol. The minimum absolute atomic E-state index is 0. The quantitative estimate of drug-likeness (QED) is 0.718. The maximum atomic E-state index is 12.5. The van der Waals surface area contributed by atoms with Crippen molar-refractivity contribution in [1.82, 2.24) is 10.2 Å². The maximum Gasteiger partial charge on any atom is 0.251 e. The maximum absolute atomic E-state index is 12.5. The molecule has 0 aromatic heterocycles. The molecule has 1 amide bonds. The molecule has 1 atom stereocenters. The van der Waals surface area contributed by atoms with Crippen LogP contribution in [0, 0.1) is 6.92 Å². The molecule has 0 saturated carbocycles. The largest absolute Gasteiger partial charge is 0.350 e. The summed E-state index contributed by atoms with van der Waals surface area (Å²) in [6.45, 7) is 4.89. The summed E-state index contributed by atoms with van der Waals surface area (Å²) in [6.07, 6.45) is 5.05. The number of benzene rings is 2.